The molecule has 3 aromatic carbocycles. The second-order valence-corrected chi connectivity index (χ2v) is 6.00. The maximum absolute atomic E-state index is 12.0. The van der Waals surface area contributed by atoms with Gasteiger partial charge in [-0.3, -0.25) is 0 Å². The summed E-state index contributed by atoms with van der Waals surface area (Å²) in [7, 11) is 0. The molecular weight excluding hydrogens is 324 g/mol. The molecule has 0 N–H and O–H groups in total. The molecular formula is C20H13ClO3. The topological polar surface area (TPSA) is 35.5 Å². The Morgan fingerprint density at radius 1 is 0.792 bits per heavy atom. The predicted octanol–water partition coefficient (Wildman–Crippen LogP) is 5.09. The molecule has 4 heteroatoms. The third kappa shape index (κ3) is 2.43. The quantitative estimate of drug-likeness (QED) is 0.493. The van der Waals surface area contributed by atoms with Crippen LogP contribution in [0.25, 0.3) is 0 Å². The van der Waals surface area contributed by atoms with Gasteiger partial charge in [0.25, 0.3) is 0 Å². The van der Waals surface area contributed by atoms with Crippen molar-refractivity contribution in [1.82, 2.24) is 0 Å². The lowest BCUT2D eigenvalue weighted by molar-refractivity contribution is 0.0366. The number of ether oxygens (including phenoxy) is 2. The molecule has 1 atom stereocenters. The van der Waals surface area contributed by atoms with Crippen molar-refractivity contribution in [2.24, 2.45) is 0 Å². The first-order chi connectivity index (χ1) is 11.7. The summed E-state index contributed by atoms with van der Waals surface area (Å²) >= 11 is 6.65. The summed E-state index contributed by atoms with van der Waals surface area (Å²) in [6, 6.07) is 23.9. The van der Waals surface area contributed by atoms with Crippen molar-refractivity contribution in [2.75, 3.05) is 0 Å². The van der Waals surface area contributed by atoms with Crippen LogP contribution in [0.1, 0.15) is 21.5 Å². The summed E-state index contributed by atoms with van der Waals surface area (Å²) in [4.78, 5) is 12.0. The zero-order chi connectivity index (χ0) is 16.6. The van der Waals surface area contributed by atoms with Crippen LogP contribution >= 0.6 is 11.6 Å². The average molecular weight is 337 g/mol. The zero-order valence-corrected chi connectivity index (χ0v) is 13.4. The minimum atomic E-state index is -1.29. The Labute approximate surface area is 144 Å². The van der Waals surface area contributed by atoms with E-state index < -0.39 is 11.0 Å². The minimum absolute atomic E-state index is 0.412. The Balaban J connectivity index is 1.65. The number of rotatable bonds is 3. The van der Waals surface area contributed by atoms with Crippen LogP contribution in [0, 0.1) is 0 Å². The highest BCUT2D eigenvalue weighted by molar-refractivity contribution is 6.27. The Kier molecular flexibility index (Phi) is 3.51. The third-order valence-corrected chi connectivity index (χ3v) is 4.43. The summed E-state index contributed by atoms with van der Waals surface area (Å²) in [5.41, 5.74) is 1.84. The Morgan fingerprint density at radius 3 is 2.17 bits per heavy atom. The number of benzene rings is 3. The van der Waals surface area contributed by atoms with Crippen LogP contribution < -0.4 is 4.74 Å². The number of alkyl halides is 1. The van der Waals surface area contributed by atoms with Gasteiger partial charge in [0, 0.05) is 11.1 Å². The fraction of sp³-hybridized carbons (Fsp3) is 0.0500. The lowest BCUT2D eigenvalue weighted by Crippen LogP contribution is -2.20. The van der Waals surface area contributed by atoms with Gasteiger partial charge >= 0.3 is 5.97 Å². The Hall–Kier alpha value is -2.78. The second-order valence-electron chi connectivity index (χ2n) is 5.47. The Bertz CT molecular complexity index is 890. The zero-order valence-electron chi connectivity index (χ0n) is 12.6. The van der Waals surface area contributed by atoms with E-state index in [2.05, 4.69) is 0 Å². The van der Waals surface area contributed by atoms with E-state index >= 15 is 0 Å². The highest BCUT2D eigenvalue weighted by Gasteiger charge is 2.45. The molecule has 0 aliphatic carbocycles. The van der Waals surface area contributed by atoms with Gasteiger partial charge in [0.15, 0.2) is 0 Å². The van der Waals surface area contributed by atoms with Crippen molar-refractivity contribution in [3.63, 3.8) is 0 Å². The van der Waals surface area contributed by atoms with Gasteiger partial charge in [0.2, 0.25) is 5.06 Å². The van der Waals surface area contributed by atoms with Crippen molar-refractivity contribution < 1.29 is 14.3 Å². The number of hydrogen-bond donors (Lipinski definition) is 0. The van der Waals surface area contributed by atoms with E-state index in [9.17, 15) is 4.79 Å². The number of halogens is 1. The highest BCUT2D eigenvalue weighted by atomic mass is 35.5. The number of cyclic esters (lactones) is 1. The molecule has 0 amide bonds. The third-order valence-electron chi connectivity index (χ3n) is 3.93. The molecule has 1 aliphatic rings. The molecule has 3 nitrogen and oxygen atoms in total. The van der Waals surface area contributed by atoms with Gasteiger partial charge in [-0.2, -0.15) is 0 Å². The van der Waals surface area contributed by atoms with Crippen molar-refractivity contribution in [3.8, 4) is 11.5 Å². The van der Waals surface area contributed by atoms with E-state index in [1.165, 1.54) is 0 Å². The largest absolute Gasteiger partial charge is 0.457 e. The van der Waals surface area contributed by atoms with E-state index in [1.807, 2.05) is 42.5 Å². The average Bonchev–Trinajstić information content (AvgIpc) is 2.89. The molecule has 1 heterocycles. The van der Waals surface area contributed by atoms with Crippen molar-refractivity contribution in [2.45, 2.75) is 5.06 Å². The molecule has 24 heavy (non-hydrogen) atoms. The van der Waals surface area contributed by atoms with Crippen LogP contribution in [0.4, 0.5) is 0 Å². The van der Waals surface area contributed by atoms with Gasteiger partial charge < -0.3 is 9.47 Å². The predicted molar refractivity (Wildman–Crippen MR) is 91.4 cm³/mol. The maximum Gasteiger partial charge on any atom is 0.340 e. The lowest BCUT2D eigenvalue weighted by atomic mass is 9.98. The summed E-state index contributed by atoms with van der Waals surface area (Å²) < 4.78 is 11.2. The first-order valence-electron chi connectivity index (χ1n) is 7.52. The number of hydrogen-bond acceptors (Lipinski definition) is 3. The molecule has 1 aliphatic heterocycles. The molecule has 0 fully saturated rings. The van der Waals surface area contributed by atoms with Crippen LogP contribution in [-0.2, 0) is 9.80 Å². The number of carbonyl (C=O) groups is 1. The van der Waals surface area contributed by atoms with E-state index in [0.29, 0.717) is 22.4 Å². The normalized spacial score (nSPS) is 18.8. The molecule has 118 valence electrons. The van der Waals surface area contributed by atoms with Crippen LogP contribution in [0.15, 0.2) is 78.9 Å². The van der Waals surface area contributed by atoms with Gasteiger partial charge in [0.1, 0.15) is 11.5 Å². The van der Waals surface area contributed by atoms with Gasteiger partial charge in [-0.1, -0.05) is 48.0 Å². The molecule has 0 aromatic heterocycles. The number of esters is 1. The first-order valence-corrected chi connectivity index (χ1v) is 7.90. The summed E-state index contributed by atoms with van der Waals surface area (Å²) in [6.45, 7) is 0. The van der Waals surface area contributed by atoms with Gasteiger partial charge in [-0.05, 0) is 42.5 Å². The fourth-order valence-corrected chi connectivity index (χ4v) is 3.12. The van der Waals surface area contributed by atoms with E-state index in [-0.39, 0.29) is 0 Å². The molecule has 0 bridgehead atoms. The number of para-hydroxylation sites is 1. The number of fused-ring (bicyclic) bond motifs is 1. The van der Waals surface area contributed by atoms with E-state index in [0.717, 1.165) is 5.75 Å². The van der Waals surface area contributed by atoms with Gasteiger partial charge in [0.05, 0.1) is 5.56 Å². The smallest absolute Gasteiger partial charge is 0.340 e. The molecule has 4 rings (SSSR count). The van der Waals surface area contributed by atoms with Gasteiger partial charge in [-0.25, -0.2) is 4.79 Å². The summed E-state index contributed by atoms with van der Waals surface area (Å²) in [6.07, 6.45) is 0. The number of carbonyl (C=O) groups excluding carboxylic acids is 1. The molecule has 0 radical (unpaired) electrons. The standard InChI is InChI=1S/C20H13ClO3/c21-20(18-9-5-4-8-17(18)19(22)24-20)14-10-12-16(13-11-14)23-15-6-2-1-3-7-15/h1-13H. The van der Waals surface area contributed by atoms with E-state index in [1.54, 1.807) is 36.4 Å². The van der Waals surface area contributed by atoms with Crippen molar-refractivity contribution >= 4 is 17.6 Å². The van der Waals surface area contributed by atoms with E-state index in [4.69, 9.17) is 21.1 Å². The summed E-state index contributed by atoms with van der Waals surface area (Å²) in [5, 5.41) is -1.29. The molecule has 0 saturated carbocycles. The molecule has 1 unspecified atom stereocenters. The highest BCUT2D eigenvalue weighted by Crippen LogP contribution is 2.45. The van der Waals surface area contributed by atoms with Gasteiger partial charge in [-0.15, -0.1) is 0 Å². The molecule has 0 spiro atoms. The van der Waals surface area contributed by atoms with Crippen LogP contribution in [0.5, 0.6) is 11.5 Å². The van der Waals surface area contributed by atoms with Crippen molar-refractivity contribution in [1.29, 1.82) is 0 Å². The maximum atomic E-state index is 12.0. The SMILES string of the molecule is O=C1OC(Cl)(c2ccc(Oc3ccccc3)cc2)c2ccccc21. The molecule has 3 aromatic rings. The summed E-state index contributed by atoms with van der Waals surface area (Å²) in [5.74, 6) is 1.02. The minimum Gasteiger partial charge on any atom is -0.457 e. The fourth-order valence-electron chi connectivity index (χ4n) is 2.76. The van der Waals surface area contributed by atoms with Crippen molar-refractivity contribution in [3.05, 3.63) is 95.6 Å². The monoisotopic (exact) mass is 336 g/mol. The van der Waals surface area contributed by atoms with Crippen LogP contribution in [0.2, 0.25) is 0 Å². The lowest BCUT2D eigenvalue weighted by Gasteiger charge is -2.22. The van der Waals surface area contributed by atoms with Crippen LogP contribution in [0.3, 0.4) is 0 Å². The van der Waals surface area contributed by atoms with Crippen LogP contribution in [-0.4, -0.2) is 5.97 Å². The Morgan fingerprint density at radius 2 is 1.42 bits per heavy atom. The second kappa shape index (κ2) is 5.69. The first kappa shape index (κ1) is 14.8. The molecule has 0 saturated heterocycles.